The molecule has 0 radical (unpaired) electrons. The van der Waals surface area contributed by atoms with Gasteiger partial charge >= 0.3 is 5.97 Å². The van der Waals surface area contributed by atoms with E-state index in [4.69, 9.17) is 9.47 Å². The van der Waals surface area contributed by atoms with Gasteiger partial charge in [-0.3, -0.25) is 14.0 Å². The van der Waals surface area contributed by atoms with Crippen molar-refractivity contribution in [1.29, 1.82) is 0 Å². The maximum absolute atomic E-state index is 13.2. The number of ether oxygens (including phenoxy) is 2. The van der Waals surface area contributed by atoms with E-state index in [1.165, 1.54) is 11.5 Å². The van der Waals surface area contributed by atoms with Gasteiger partial charge in [0.05, 0.1) is 19.1 Å². The molecule has 0 fully saturated rings. The van der Waals surface area contributed by atoms with E-state index in [0.717, 1.165) is 11.3 Å². The van der Waals surface area contributed by atoms with E-state index in [1.807, 2.05) is 30.3 Å². The number of aromatic hydroxyl groups is 1. The first-order valence-electron chi connectivity index (χ1n) is 8.88. The lowest BCUT2D eigenvalue weighted by Crippen LogP contribution is -2.27. The van der Waals surface area contributed by atoms with Crippen molar-refractivity contribution in [1.82, 2.24) is 9.38 Å². The third-order valence-corrected chi connectivity index (χ3v) is 5.32. The summed E-state index contributed by atoms with van der Waals surface area (Å²) in [5, 5.41) is 10.6. The summed E-state index contributed by atoms with van der Waals surface area (Å²) in [4.78, 5) is 29.5. The minimum absolute atomic E-state index is 0.0280. The summed E-state index contributed by atoms with van der Waals surface area (Å²) in [6.45, 7) is 0.179. The molecule has 4 rings (SSSR count). The summed E-state index contributed by atoms with van der Waals surface area (Å²) in [5.74, 6) is -0.944. The number of fused-ring (bicyclic) bond motifs is 2. The number of methoxy groups -OCH3 is 1. The van der Waals surface area contributed by atoms with Crippen molar-refractivity contribution in [2.45, 2.75) is 12.3 Å². The van der Waals surface area contributed by atoms with Crippen LogP contribution >= 0.6 is 15.9 Å². The van der Waals surface area contributed by atoms with E-state index < -0.39 is 23.3 Å². The Morgan fingerprint density at radius 3 is 2.93 bits per heavy atom. The number of benzene rings is 1. The SMILES string of the molecule is COC(=O)C[C@H](C1=Cc2ccccc2OC1)c1c(O)nc2ccc(Br)cn2c1=O. The zero-order valence-corrected chi connectivity index (χ0v) is 17.0. The van der Waals surface area contributed by atoms with Gasteiger partial charge < -0.3 is 14.6 Å². The summed E-state index contributed by atoms with van der Waals surface area (Å²) in [5.41, 5.74) is 1.39. The van der Waals surface area contributed by atoms with Crippen LogP contribution in [0.3, 0.4) is 0 Å². The number of para-hydroxylation sites is 1. The van der Waals surface area contributed by atoms with Crippen LogP contribution in [-0.2, 0) is 9.53 Å². The first kappa shape index (κ1) is 19.2. The standard InChI is InChI=1S/C21H17BrN2O5/c1-28-18(25)9-15(13-8-12-4-2-3-5-16(12)29-11-13)19-20(26)23-17-7-6-14(22)10-24(17)21(19)27/h2-8,10,15,26H,9,11H2,1H3/t15-/m1/s1. The summed E-state index contributed by atoms with van der Waals surface area (Å²) in [6.07, 6.45) is 3.32. The van der Waals surface area contributed by atoms with E-state index in [1.54, 1.807) is 18.3 Å². The van der Waals surface area contributed by atoms with E-state index in [0.29, 0.717) is 15.7 Å². The molecule has 3 aromatic rings. The fourth-order valence-electron chi connectivity index (χ4n) is 3.42. The molecule has 0 spiro atoms. The summed E-state index contributed by atoms with van der Waals surface area (Å²) < 4.78 is 12.6. The molecule has 29 heavy (non-hydrogen) atoms. The summed E-state index contributed by atoms with van der Waals surface area (Å²) in [7, 11) is 1.28. The van der Waals surface area contributed by atoms with Crippen LogP contribution in [0.2, 0.25) is 0 Å². The van der Waals surface area contributed by atoms with Crippen LogP contribution in [0, 0.1) is 0 Å². The molecule has 1 aromatic carbocycles. The van der Waals surface area contributed by atoms with Gasteiger partial charge in [0.2, 0.25) is 5.88 Å². The third kappa shape index (κ3) is 3.63. The minimum atomic E-state index is -0.744. The van der Waals surface area contributed by atoms with Gasteiger partial charge in [0, 0.05) is 22.2 Å². The summed E-state index contributed by atoms with van der Waals surface area (Å²) in [6, 6.07) is 10.8. The minimum Gasteiger partial charge on any atom is -0.493 e. The normalized spacial score (nSPS) is 13.9. The highest BCUT2D eigenvalue weighted by molar-refractivity contribution is 9.10. The number of halogens is 1. The first-order chi connectivity index (χ1) is 14.0. The second kappa shape index (κ2) is 7.71. The molecule has 1 aliphatic heterocycles. The molecule has 8 heteroatoms. The fourth-order valence-corrected chi connectivity index (χ4v) is 3.76. The zero-order chi connectivity index (χ0) is 20.5. The topological polar surface area (TPSA) is 90.1 Å². The Morgan fingerprint density at radius 1 is 1.34 bits per heavy atom. The van der Waals surface area contributed by atoms with Gasteiger partial charge in [-0.25, -0.2) is 0 Å². The van der Waals surface area contributed by atoms with E-state index in [2.05, 4.69) is 20.9 Å². The van der Waals surface area contributed by atoms with Gasteiger partial charge in [0.15, 0.2) is 0 Å². The summed E-state index contributed by atoms with van der Waals surface area (Å²) >= 11 is 3.34. The van der Waals surface area contributed by atoms with Crippen molar-refractivity contribution in [2.24, 2.45) is 0 Å². The first-order valence-corrected chi connectivity index (χ1v) is 9.67. The highest BCUT2D eigenvalue weighted by atomic mass is 79.9. The molecule has 0 unspecified atom stereocenters. The van der Waals surface area contributed by atoms with Crippen LogP contribution in [0.25, 0.3) is 11.7 Å². The lowest BCUT2D eigenvalue weighted by molar-refractivity contribution is -0.140. The fraction of sp³-hybridized carbons (Fsp3) is 0.190. The molecule has 0 aliphatic carbocycles. The van der Waals surface area contributed by atoms with Gasteiger partial charge in [-0.15, -0.1) is 0 Å². The Kier molecular flexibility index (Phi) is 5.10. The molecule has 1 N–H and O–H groups in total. The van der Waals surface area contributed by atoms with Crippen LogP contribution in [0.1, 0.15) is 23.5 Å². The van der Waals surface area contributed by atoms with Gasteiger partial charge in [-0.2, -0.15) is 4.98 Å². The Labute approximate surface area is 174 Å². The Balaban J connectivity index is 1.90. The predicted molar refractivity (Wildman–Crippen MR) is 110 cm³/mol. The van der Waals surface area contributed by atoms with Crippen molar-refractivity contribution in [2.75, 3.05) is 13.7 Å². The molecule has 3 heterocycles. The largest absolute Gasteiger partial charge is 0.493 e. The van der Waals surface area contributed by atoms with Crippen LogP contribution < -0.4 is 10.3 Å². The molecule has 0 saturated carbocycles. The van der Waals surface area contributed by atoms with Crippen LogP contribution in [0.4, 0.5) is 0 Å². The van der Waals surface area contributed by atoms with E-state index in [-0.39, 0.29) is 18.6 Å². The number of pyridine rings is 1. The van der Waals surface area contributed by atoms with Crippen LogP contribution in [-0.4, -0.2) is 34.2 Å². The number of rotatable bonds is 4. The maximum Gasteiger partial charge on any atom is 0.306 e. The molecule has 1 aliphatic rings. The molecular weight excluding hydrogens is 440 g/mol. The average molecular weight is 457 g/mol. The highest BCUT2D eigenvalue weighted by Crippen LogP contribution is 2.36. The van der Waals surface area contributed by atoms with Gasteiger partial charge in [0.25, 0.3) is 5.56 Å². The number of nitrogens with zero attached hydrogens (tertiary/aromatic N) is 2. The van der Waals surface area contributed by atoms with Crippen LogP contribution in [0.5, 0.6) is 11.6 Å². The molecule has 0 bridgehead atoms. The van der Waals surface area contributed by atoms with Crippen LogP contribution in [0.15, 0.2) is 57.4 Å². The molecule has 0 saturated heterocycles. The molecule has 1 atom stereocenters. The molecule has 148 valence electrons. The van der Waals surface area contributed by atoms with Gasteiger partial charge in [0.1, 0.15) is 18.0 Å². The number of aromatic nitrogens is 2. The maximum atomic E-state index is 13.2. The predicted octanol–water partition coefficient (Wildman–Crippen LogP) is 3.29. The smallest absolute Gasteiger partial charge is 0.306 e. The number of carbonyl (C=O) groups excluding carboxylic acids is 1. The lowest BCUT2D eigenvalue weighted by atomic mass is 9.87. The quantitative estimate of drug-likeness (QED) is 0.605. The number of hydrogen-bond donors (Lipinski definition) is 1. The van der Waals surface area contributed by atoms with E-state index >= 15 is 0 Å². The highest BCUT2D eigenvalue weighted by Gasteiger charge is 2.30. The Morgan fingerprint density at radius 2 is 2.14 bits per heavy atom. The average Bonchev–Trinajstić information content (AvgIpc) is 2.73. The van der Waals surface area contributed by atoms with Gasteiger partial charge in [-0.1, -0.05) is 18.2 Å². The molecular formula is C21H17BrN2O5. The van der Waals surface area contributed by atoms with Crippen molar-refractivity contribution in [3.05, 3.63) is 74.1 Å². The third-order valence-electron chi connectivity index (χ3n) is 4.85. The molecule has 2 aromatic heterocycles. The molecule has 7 nitrogen and oxygen atoms in total. The van der Waals surface area contributed by atoms with Crippen molar-refractivity contribution >= 4 is 33.6 Å². The van der Waals surface area contributed by atoms with Crippen molar-refractivity contribution in [3.63, 3.8) is 0 Å². The Hall–Kier alpha value is -3.13. The van der Waals surface area contributed by atoms with Crippen molar-refractivity contribution in [3.8, 4) is 11.6 Å². The second-order valence-electron chi connectivity index (χ2n) is 6.61. The van der Waals surface area contributed by atoms with E-state index in [9.17, 15) is 14.7 Å². The Bertz CT molecular complexity index is 1200. The monoisotopic (exact) mass is 456 g/mol. The lowest BCUT2D eigenvalue weighted by Gasteiger charge is -2.24. The zero-order valence-electron chi connectivity index (χ0n) is 15.5. The second-order valence-corrected chi connectivity index (χ2v) is 7.52. The number of carbonyl (C=O) groups is 1. The number of hydrogen-bond acceptors (Lipinski definition) is 6. The number of esters is 1. The van der Waals surface area contributed by atoms with Crippen molar-refractivity contribution < 1.29 is 19.4 Å². The van der Waals surface area contributed by atoms with Gasteiger partial charge in [-0.05, 0) is 45.8 Å². The molecule has 0 amide bonds.